The molecule has 0 saturated carbocycles. The van der Waals surface area contributed by atoms with Gasteiger partial charge in [0.2, 0.25) is 0 Å². The van der Waals surface area contributed by atoms with Crippen molar-refractivity contribution in [3.63, 3.8) is 0 Å². The fourth-order valence-electron chi connectivity index (χ4n) is 2.23. The molecule has 0 fully saturated rings. The molecule has 0 bridgehead atoms. The topological polar surface area (TPSA) is 32.3 Å². The van der Waals surface area contributed by atoms with Crippen LogP contribution in [-0.2, 0) is 0 Å². The van der Waals surface area contributed by atoms with E-state index < -0.39 is 0 Å². The summed E-state index contributed by atoms with van der Waals surface area (Å²) in [4.78, 5) is 14.4. The van der Waals surface area contributed by atoms with Crippen molar-refractivity contribution in [2.45, 2.75) is 13.3 Å². The van der Waals surface area contributed by atoms with Crippen LogP contribution in [0, 0.1) is 10.5 Å². The molecule has 2 aromatic rings. The van der Waals surface area contributed by atoms with E-state index in [1.165, 1.54) is 11.3 Å². The summed E-state index contributed by atoms with van der Waals surface area (Å²) in [5.74, 6) is 0.00626. The van der Waals surface area contributed by atoms with E-state index in [9.17, 15) is 4.79 Å². The molecular weight excluding hydrogens is 387 g/mol. The maximum Gasteiger partial charge on any atom is 0.252 e. The smallest absolute Gasteiger partial charge is 0.252 e. The first-order chi connectivity index (χ1) is 10.6. The van der Waals surface area contributed by atoms with E-state index in [2.05, 4.69) is 52.0 Å². The minimum absolute atomic E-state index is 0.00626. The van der Waals surface area contributed by atoms with Gasteiger partial charge in [-0.05, 0) is 60.2 Å². The highest BCUT2D eigenvalue weighted by atomic mass is 127. The van der Waals surface area contributed by atoms with Crippen LogP contribution in [0.5, 0.6) is 0 Å². The number of anilines is 1. The first-order valence-corrected chi connectivity index (χ1v) is 8.46. The van der Waals surface area contributed by atoms with Gasteiger partial charge in [0.15, 0.2) is 0 Å². The third-order valence-corrected chi connectivity index (χ3v) is 4.41. The molecule has 0 unspecified atom stereocenters. The van der Waals surface area contributed by atoms with Crippen LogP contribution < -0.4 is 10.2 Å². The molecule has 22 heavy (non-hydrogen) atoms. The zero-order chi connectivity index (χ0) is 15.9. The number of aryl methyl sites for hydroxylation is 1. The maximum atomic E-state index is 12.2. The summed E-state index contributed by atoms with van der Waals surface area (Å²) in [7, 11) is 2.07. The summed E-state index contributed by atoms with van der Waals surface area (Å²) >= 11 is 2.21. The summed E-state index contributed by atoms with van der Waals surface area (Å²) in [5.41, 5.74) is 3.12. The van der Waals surface area contributed by atoms with Crippen LogP contribution in [0.4, 0.5) is 5.69 Å². The molecular formula is C18H21IN2O. The van der Waals surface area contributed by atoms with Crippen LogP contribution >= 0.6 is 22.6 Å². The van der Waals surface area contributed by atoms with Crippen molar-refractivity contribution in [3.8, 4) is 0 Å². The van der Waals surface area contributed by atoms with Gasteiger partial charge in [0.05, 0.1) is 5.56 Å². The van der Waals surface area contributed by atoms with Gasteiger partial charge in [-0.3, -0.25) is 4.79 Å². The highest BCUT2D eigenvalue weighted by molar-refractivity contribution is 14.1. The largest absolute Gasteiger partial charge is 0.375 e. The molecule has 116 valence electrons. The molecule has 0 atom stereocenters. The van der Waals surface area contributed by atoms with Crippen molar-refractivity contribution < 1.29 is 4.79 Å². The monoisotopic (exact) mass is 408 g/mol. The van der Waals surface area contributed by atoms with Gasteiger partial charge >= 0.3 is 0 Å². The number of hydrogen-bond donors (Lipinski definition) is 1. The lowest BCUT2D eigenvalue weighted by atomic mass is 10.1. The fraction of sp³-hybridized carbons (Fsp3) is 0.278. The molecule has 4 heteroatoms. The van der Waals surface area contributed by atoms with E-state index in [-0.39, 0.29) is 5.91 Å². The lowest BCUT2D eigenvalue weighted by Crippen LogP contribution is -2.28. The van der Waals surface area contributed by atoms with Crippen LogP contribution in [0.25, 0.3) is 0 Å². The van der Waals surface area contributed by atoms with E-state index in [1.54, 1.807) is 0 Å². The number of hydrogen-bond acceptors (Lipinski definition) is 2. The highest BCUT2D eigenvalue weighted by Crippen LogP contribution is 2.14. The normalized spacial score (nSPS) is 10.3. The first kappa shape index (κ1) is 16.8. The number of nitrogens with zero attached hydrogens (tertiary/aromatic N) is 1. The van der Waals surface area contributed by atoms with E-state index >= 15 is 0 Å². The minimum Gasteiger partial charge on any atom is -0.375 e. The third-order valence-electron chi connectivity index (χ3n) is 3.52. The van der Waals surface area contributed by atoms with Crippen molar-refractivity contribution >= 4 is 34.2 Å². The molecule has 2 aromatic carbocycles. The zero-order valence-electron chi connectivity index (χ0n) is 13.0. The highest BCUT2D eigenvalue weighted by Gasteiger charge is 2.09. The van der Waals surface area contributed by atoms with Crippen LogP contribution in [-0.4, -0.2) is 26.0 Å². The molecule has 0 aliphatic heterocycles. The first-order valence-electron chi connectivity index (χ1n) is 7.38. The van der Waals surface area contributed by atoms with Crippen LogP contribution in [0.2, 0.25) is 0 Å². The number of rotatable bonds is 6. The number of halogens is 1. The van der Waals surface area contributed by atoms with Gasteiger partial charge in [-0.25, -0.2) is 0 Å². The summed E-state index contributed by atoms with van der Waals surface area (Å²) in [6.07, 6.45) is 0.916. The summed E-state index contributed by atoms with van der Waals surface area (Å²) in [6, 6.07) is 16.2. The molecule has 0 aliphatic carbocycles. The Morgan fingerprint density at radius 3 is 2.59 bits per heavy atom. The summed E-state index contributed by atoms with van der Waals surface area (Å²) in [5, 5.41) is 3.00. The number of amides is 1. The Morgan fingerprint density at radius 1 is 1.18 bits per heavy atom. The van der Waals surface area contributed by atoms with Crippen molar-refractivity contribution in [1.82, 2.24) is 5.32 Å². The molecule has 0 spiro atoms. The Morgan fingerprint density at radius 2 is 1.91 bits per heavy atom. The summed E-state index contributed by atoms with van der Waals surface area (Å²) < 4.78 is 0.997. The molecule has 0 aromatic heterocycles. The molecule has 3 nitrogen and oxygen atoms in total. The second-order valence-electron chi connectivity index (χ2n) is 5.35. The van der Waals surface area contributed by atoms with Gasteiger partial charge in [0.1, 0.15) is 0 Å². The third kappa shape index (κ3) is 4.73. The maximum absolute atomic E-state index is 12.2. The Balaban J connectivity index is 1.78. The SMILES string of the molecule is Cc1ccc(C(=O)NCCCN(C)c2ccccc2)c(I)c1. The van der Waals surface area contributed by atoms with Gasteiger partial charge in [-0.2, -0.15) is 0 Å². The Hall–Kier alpha value is -1.56. The Labute approximate surface area is 145 Å². The Bertz CT molecular complexity index is 628. The Kier molecular flexibility index (Phi) is 6.24. The fourth-order valence-corrected chi connectivity index (χ4v) is 3.15. The van der Waals surface area contributed by atoms with Crippen molar-refractivity contribution in [2.24, 2.45) is 0 Å². The van der Waals surface area contributed by atoms with Crippen molar-refractivity contribution in [2.75, 3.05) is 25.0 Å². The summed E-state index contributed by atoms with van der Waals surface area (Å²) in [6.45, 7) is 3.62. The molecule has 0 radical (unpaired) electrons. The predicted molar refractivity (Wildman–Crippen MR) is 101 cm³/mol. The van der Waals surface area contributed by atoms with Crippen LogP contribution in [0.3, 0.4) is 0 Å². The van der Waals surface area contributed by atoms with E-state index in [1.807, 2.05) is 43.3 Å². The van der Waals surface area contributed by atoms with Gasteiger partial charge in [0.25, 0.3) is 5.91 Å². The second-order valence-corrected chi connectivity index (χ2v) is 6.51. The lowest BCUT2D eigenvalue weighted by molar-refractivity contribution is 0.0952. The number of carbonyl (C=O) groups excluding carboxylic acids is 1. The molecule has 0 heterocycles. The second kappa shape index (κ2) is 8.17. The number of benzene rings is 2. The average Bonchev–Trinajstić information content (AvgIpc) is 2.52. The molecule has 0 saturated heterocycles. The molecule has 0 aliphatic rings. The quantitative estimate of drug-likeness (QED) is 0.582. The predicted octanol–water partition coefficient (Wildman–Crippen LogP) is 3.86. The minimum atomic E-state index is 0.00626. The van der Waals surface area contributed by atoms with E-state index in [0.717, 1.165) is 22.1 Å². The van der Waals surface area contributed by atoms with Gasteiger partial charge in [-0.15, -0.1) is 0 Å². The van der Waals surface area contributed by atoms with Gasteiger partial charge in [0, 0.05) is 29.4 Å². The molecule has 1 amide bonds. The standard InChI is InChI=1S/C18H21IN2O/c1-14-9-10-16(17(19)13-14)18(22)20-11-6-12-21(2)15-7-4-3-5-8-15/h3-5,7-10,13H,6,11-12H2,1-2H3,(H,20,22). The van der Waals surface area contributed by atoms with E-state index in [4.69, 9.17) is 0 Å². The van der Waals surface area contributed by atoms with Crippen molar-refractivity contribution in [3.05, 3.63) is 63.2 Å². The van der Waals surface area contributed by atoms with E-state index in [0.29, 0.717) is 6.54 Å². The number of para-hydroxylation sites is 1. The van der Waals surface area contributed by atoms with Gasteiger partial charge in [-0.1, -0.05) is 29.8 Å². The average molecular weight is 408 g/mol. The van der Waals surface area contributed by atoms with Crippen LogP contribution in [0.1, 0.15) is 22.3 Å². The van der Waals surface area contributed by atoms with Gasteiger partial charge < -0.3 is 10.2 Å². The molecule has 2 rings (SSSR count). The zero-order valence-corrected chi connectivity index (χ0v) is 15.1. The van der Waals surface area contributed by atoms with Crippen molar-refractivity contribution in [1.29, 1.82) is 0 Å². The lowest BCUT2D eigenvalue weighted by Gasteiger charge is -2.19. The number of nitrogens with one attached hydrogen (secondary N) is 1. The van der Waals surface area contributed by atoms with Crippen LogP contribution in [0.15, 0.2) is 48.5 Å². The molecule has 1 N–H and O–H groups in total. The number of carbonyl (C=O) groups is 1.